The summed E-state index contributed by atoms with van der Waals surface area (Å²) in [5, 5.41) is 3.88. The van der Waals surface area contributed by atoms with E-state index in [9.17, 15) is 0 Å². The van der Waals surface area contributed by atoms with E-state index in [0.29, 0.717) is 0 Å². The summed E-state index contributed by atoms with van der Waals surface area (Å²) in [6.45, 7) is 6.35. The minimum atomic E-state index is 0.788. The van der Waals surface area contributed by atoms with Gasteiger partial charge in [-0.3, -0.25) is 4.90 Å². The number of nitrogens with one attached hydrogen (secondary N) is 1. The maximum atomic E-state index is 3.88. The lowest BCUT2D eigenvalue weighted by Crippen LogP contribution is -2.51. The highest BCUT2D eigenvalue weighted by atomic mass is 15.2. The fourth-order valence-corrected chi connectivity index (χ4v) is 3.77. The van der Waals surface area contributed by atoms with Gasteiger partial charge in [-0.25, -0.2) is 0 Å². The van der Waals surface area contributed by atoms with Crippen molar-refractivity contribution in [1.29, 1.82) is 0 Å². The highest BCUT2D eigenvalue weighted by Crippen LogP contribution is 2.32. The maximum Gasteiger partial charge on any atom is 0.0198 e. The van der Waals surface area contributed by atoms with E-state index in [1.807, 2.05) is 0 Å². The summed E-state index contributed by atoms with van der Waals surface area (Å²) in [7, 11) is 0. The topological polar surface area (TPSA) is 15.3 Å². The van der Waals surface area contributed by atoms with Gasteiger partial charge in [0, 0.05) is 25.2 Å². The maximum absolute atomic E-state index is 3.88. The molecule has 0 radical (unpaired) electrons. The molecule has 0 amide bonds. The van der Waals surface area contributed by atoms with Crippen molar-refractivity contribution in [2.75, 3.05) is 19.6 Å². The zero-order valence-corrected chi connectivity index (χ0v) is 12.0. The predicted octanol–water partition coefficient (Wildman–Crippen LogP) is 3.03. The molecular formula is C16H30N2. The number of hydrogen-bond donors (Lipinski definition) is 1. The van der Waals surface area contributed by atoms with Crippen molar-refractivity contribution >= 4 is 0 Å². The second kappa shape index (κ2) is 5.92. The molecule has 2 saturated carbocycles. The molecule has 18 heavy (non-hydrogen) atoms. The van der Waals surface area contributed by atoms with Gasteiger partial charge in [-0.2, -0.15) is 0 Å². The van der Waals surface area contributed by atoms with Crippen molar-refractivity contribution in [3.63, 3.8) is 0 Å². The molecule has 0 aromatic rings. The molecule has 1 saturated heterocycles. The Morgan fingerprint density at radius 1 is 1.06 bits per heavy atom. The molecule has 0 spiro atoms. The molecule has 0 aromatic heterocycles. The van der Waals surface area contributed by atoms with Crippen LogP contribution in [0.25, 0.3) is 0 Å². The molecule has 2 nitrogen and oxygen atoms in total. The summed E-state index contributed by atoms with van der Waals surface area (Å²) < 4.78 is 0. The Kier molecular flexibility index (Phi) is 4.25. The van der Waals surface area contributed by atoms with Gasteiger partial charge in [0.1, 0.15) is 0 Å². The van der Waals surface area contributed by atoms with Crippen LogP contribution in [0.4, 0.5) is 0 Å². The summed E-state index contributed by atoms with van der Waals surface area (Å²) in [4.78, 5) is 2.79. The van der Waals surface area contributed by atoms with E-state index in [1.165, 1.54) is 71.0 Å². The molecule has 2 atom stereocenters. The Morgan fingerprint density at radius 3 is 2.50 bits per heavy atom. The molecule has 3 rings (SSSR count). The van der Waals surface area contributed by atoms with E-state index in [-0.39, 0.29) is 0 Å². The van der Waals surface area contributed by atoms with Crippen molar-refractivity contribution in [3.8, 4) is 0 Å². The van der Waals surface area contributed by atoms with Crippen LogP contribution >= 0.6 is 0 Å². The lowest BCUT2D eigenvalue weighted by atomic mass is 9.84. The van der Waals surface area contributed by atoms with Crippen LogP contribution in [0.2, 0.25) is 0 Å². The second-order valence-electron chi connectivity index (χ2n) is 6.98. The Morgan fingerprint density at radius 2 is 1.89 bits per heavy atom. The van der Waals surface area contributed by atoms with E-state index >= 15 is 0 Å². The van der Waals surface area contributed by atoms with Crippen molar-refractivity contribution in [2.45, 2.75) is 70.4 Å². The van der Waals surface area contributed by atoms with Crippen molar-refractivity contribution in [3.05, 3.63) is 0 Å². The largest absolute Gasteiger partial charge is 0.312 e. The van der Waals surface area contributed by atoms with Gasteiger partial charge in [0.2, 0.25) is 0 Å². The molecule has 2 heteroatoms. The van der Waals surface area contributed by atoms with Gasteiger partial charge in [-0.15, -0.1) is 0 Å². The van der Waals surface area contributed by atoms with Crippen LogP contribution in [0.15, 0.2) is 0 Å². The molecule has 2 aliphatic carbocycles. The molecule has 0 aromatic carbocycles. The van der Waals surface area contributed by atoms with Crippen LogP contribution in [0, 0.1) is 11.8 Å². The number of likely N-dealkylation sites (tertiary alicyclic amines) is 1. The fourth-order valence-electron chi connectivity index (χ4n) is 3.77. The first kappa shape index (κ1) is 12.9. The molecular weight excluding hydrogens is 220 g/mol. The third-order valence-electron chi connectivity index (χ3n) is 5.25. The van der Waals surface area contributed by atoms with Crippen molar-refractivity contribution in [1.82, 2.24) is 10.2 Å². The normalized spacial score (nSPS) is 34.5. The first-order valence-corrected chi connectivity index (χ1v) is 8.32. The smallest absolute Gasteiger partial charge is 0.0198 e. The summed E-state index contributed by atoms with van der Waals surface area (Å²) in [6, 6.07) is 1.74. The first-order valence-electron chi connectivity index (χ1n) is 8.32. The molecule has 3 aliphatic rings. The number of nitrogens with zero attached hydrogens (tertiary/aromatic N) is 1. The fraction of sp³-hybridized carbons (Fsp3) is 1.00. The van der Waals surface area contributed by atoms with Crippen LogP contribution in [0.5, 0.6) is 0 Å². The van der Waals surface area contributed by atoms with Crippen LogP contribution in [-0.2, 0) is 0 Å². The van der Waals surface area contributed by atoms with Crippen LogP contribution in [0.3, 0.4) is 0 Å². The van der Waals surface area contributed by atoms with Gasteiger partial charge < -0.3 is 5.32 Å². The van der Waals surface area contributed by atoms with Gasteiger partial charge >= 0.3 is 0 Å². The quantitative estimate of drug-likeness (QED) is 0.779. The number of hydrogen-bond acceptors (Lipinski definition) is 2. The van der Waals surface area contributed by atoms with E-state index in [4.69, 9.17) is 0 Å². The van der Waals surface area contributed by atoms with E-state index in [0.717, 1.165) is 23.9 Å². The zero-order valence-electron chi connectivity index (χ0n) is 12.0. The average Bonchev–Trinajstić information content (AvgIpc) is 3.11. The third kappa shape index (κ3) is 3.27. The Hall–Kier alpha value is -0.0800. The lowest BCUT2D eigenvalue weighted by Gasteiger charge is -2.39. The highest BCUT2D eigenvalue weighted by Gasteiger charge is 2.35. The molecule has 3 fully saturated rings. The van der Waals surface area contributed by atoms with E-state index in [2.05, 4.69) is 17.1 Å². The minimum absolute atomic E-state index is 0.788. The second-order valence-corrected chi connectivity index (χ2v) is 6.98. The summed E-state index contributed by atoms with van der Waals surface area (Å²) in [5.74, 6) is 1.97. The van der Waals surface area contributed by atoms with Gasteiger partial charge in [0.25, 0.3) is 0 Å². The minimum Gasteiger partial charge on any atom is -0.312 e. The average molecular weight is 250 g/mol. The summed E-state index contributed by atoms with van der Waals surface area (Å²) in [5.41, 5.74) is 0. The van der Waals surface area contributed by atoms with Crippen LogP contribution in [-0.4, -0.2) is 36.6 Å². The van der Waals surface area contributed by atoms with E-state index < -0.39 is 0 Å². The lowest BCUT2D eigenvalue weighted by molar-refractivity contribution is 0.123. The molecule has 1 aliphatic heterocycles. The first-order chi connectivity index (χ1) is 8.85. The SMILES string of the molecule is CCCC1CC(NCC2CCC2)CN(C2CC2)C1. The van der Waals surface area contributed by atoms with Gasteiger partial charge in [-0.1, -0.05) is 19.8 Å². The predicted molar refractivity (Wildman–Crippen MR) is 76.7 cm³/mol. The molecule has 1 N–H and O–H groups in total. The highest BCUT2D eigenvalue weighted by molar-refractivity contribution is 4.92. The van der Waals surface area contributed by atoms with Crippen molar-refractivity contribution < 1.29 is 0 Å². The van der Waals surface area contributed by atoms with Gasteiger partial charge in [0.05, 0.1) is 0 Å². The third-order valence-corrected chi connectivity index (χ3v) is 5.25. The van der Waals surface area contributed by atoms with Gasteiger partial charge in [-0.05, 0) is 56.9 Å². The van der Waals surface area contributed by atoms with E-state index in [1.54, 1.807) is 0 Å². The molecule has 104 valence electrons. The molecule has 0 bridgehead atoms. The Labute approximate surface area is 113 Å². The van der Waals surface area contributed by atoms with Crippen molar-refractivity contribution in [2.24, 2.45) is 11.8 Å². The summed E-state index contributed by atoms with van der Waals surface area (Å²) in [6.07, 6.45) is 11.6. The number of piperidine rings is 1. The molecule has 1 heterocycles. The molecule has 2 unspecified atom stereocenters. The Bertz CT molecular complexity index is 258. The van der Waals surface area contributed by atoms with Gasteiger partial charge in [0.15, 0.2) is 0 Å². The zero-order chi connectivity index (χ0) is 12.4. The number of rotatable bonds is 6. The van der Waals surface area contributed by atoms with Crippen LogP contribution in [0.1, 0.15) is 58.3 Å². The standard InChI is InChI=1S/C16H30N2/c1-2-4-14-9-15(17-10-13-5-3-6-13)12-18(11-14)16-7-8-16/h13-17H,2-12H2,1H3. The van der Waals surface area contributed by atoms with Crippen LogP contribution < -0.4 is 5.32 Å². The summed E-state index contributed by atoms with van der Waals surface area (Å²) >= 11 is 0. The monoisotopic (exact) mass is 250 g/mol. The Balaban J connectivity index is 1.47.